The molecule has 2 heterocycles. The zero-order valence-electron chi connectivity index (χ0n) is 17.5. The van der Waals surface area contributed by atoms with Crippen molar-refractivity contribution in [3.05, 3.63) is 63.1 Å². The molecule has 8 heteroatoms. The summed E-state index contributed by atoms with van der Waals surface area (Å²) < 4.78 is 11.0. The molecule has 0 spiro atoms. The topological polar surface area (TPSA) is 65.8 Å². The monoisotopic (exact) mass is 455 g/mol. The Morgan fingerprint density at radius 2 is 2.03 bits per heavy atom. The molecule has 1 saturated heterocycles. The number of nitrogens with zero attached hydrogens (tertiary/aromatic N) is 3. The maximum Gasteiger partial charge on any atom is 0.229 e. The molecule has 1 atom stereocenters. The lowest BCUT2D eigenvalue weighted by molar-refractivity contribution is -0.129. The van der Waals surface area contributed by atoms with Gasteiger partial charge in [0, 0.05) is 28.6 Å². The van der Waals surface area contributed by atoms with E-state index >= 15 is 0 Å². The summed E-state index contributed by atoms with van der Waals surface area (Å²) in [5.41, 5.74) is 3.32. The van der Waals surface area contributed by atoms with Crippen molar-refractivity contribution in [1.29, 1.82) is 5.26 Å². The third kappa shape index (κ3) is 3.82. The highest BCUT2D eigenvalue weighted by Gasteiger charge is 2.39. The van der Waals surface area contributed by atoms with E-state index in [9.17, 15) is 10.1 Å². The molecule has 0 radical (unpaired) electrons. The Labute approximate surface area is 191 Å². The fraction of sp³-hybridized carbons (Fsp3) is 0.304. The molecule has 31 heavy (non-hydrogen) atoms. The zero-order valence-corrected chi connectivity index (χ0v) is 19.1. The molecule has 2 aromatic rings. The largest absolute Gasteiger partial charge is 0.493 e. The molecule has 1 fully saturated rings. The van der Waals surface area contributed by atoms with Gasteiger partial charge in [0.2, 0.25) is 5.91 Å². The molecule has 4 rings (SSSR count). The van der Waals surface area contributed by atoms with Gasteiger partial charge in [-0.2, -0.15) is 5.26 Å². The molecular formula is C23H22ClN3O3S. The third-order valence-electron chi connectivity index (χ3n) is 5.62. The Bertz CT molecular complexity index is 1110. The zero-order chi connectivity index (χ0) is 22.1. The fourth-order valence-corrected chi connectivity index (χ4v) is 5.30. The predicted molar refractivity (Wildman–Crippen MR) is 122 cm³/mol. The molecule has 0 bridgehead atoms. The molecule has 6 nitrogen and oxygen atoms in total. The van der Waals surface area contributed by atoms with Crippen LogP contribution in [-0.2, 0) is 4.79 Å². The van der Waals surface area contributed by atoms with Gasteiger partial charge < -0.3 is 14.4 Å². The van der Waals surface area contributed by atoms with Gasteiger partial charge >= 0.3 is 0 Å². The highest BCUT2D eigenvalue weighted by molar-refractivity contribution is 8.03. The molecule has 2 aliphatic heterocycles. The standard InChI is InChI=1S/C23H22ClN3O3S/c1-14-7-8-15(9-19(14)24)26-12-27-21(28)10-17(18(11-25)23(27)31-13-26)16-5-4-6-20(29-2)22(16)30-3/h4-9,17H,10,12-13H2,1-3H3. The number of ether oxygens (including phenoxy) is 2. The van der Waals surface area contributed by atoms with Crippen molar-refractivity contribution >= 4 is 35.0 Å². The lowest BCUT2D eigenvalue weighted by atomic mass is 9.85. The summed E-state index contributed by atoms with van der Waals surface area (Å²) in [6.07, 6.45) is 0.193. The van der Waals surface area contributed by atoms with Crippen molar-refractivity contribution in [3.63, 3.8) is 0 Å². The van der Waals surface area contributed by atoms with E-state index < -0.39 is 0 Å². The maximum absolute atomic E-state index is 13.2. The molecule has 1 amide bonds. The molecule has 160 valence electrons. The number of nitriles is 1. The van der Waals surface area contributed by atoms with E-state index in [2.05, 4.69) is 11.0 Å². The van der Waals surface area contributed by atoms with Gasteiger partial charge in [-0.15, -0.1) is 0 Å². The number of para-hydroxylation sites is 1. The number of benzene rings is 2. The van der Waals surface area contributed by atoms with Crippen LogP contribution in [-0.4, -0.2) is 37.6 Å². The van der Waals surface area contributed by atoms with Crippen LogP contribution in [0.3, 0.4) is 0 Å². The normalized spacial score (nSPS) is 18.5. The van der Waals surface area contributed by atoms with Crippen molar-refractivity contribution < 1.29 is 14.3 Å². The Balaban J connectivity index is 1.70. The molecule has 0 aliphatic carbocycles. The number of methoxy groups -OCH3 is 2. The summed E-state index contributed by atoms with van der Waals surface area (Å²) in [5.74, 6) is 1.35. The van der Waals surface area contributed by atoms with Crippen LogP contribution in [0.1, 0.15) is 23.5 Å². The van der Waals surface area contributed by atoms with Crippen LogP contribution in [0, 0.1) is 18.3 Å². The highest BCUT2D eigenvalue weighted by atomic mass is 35.5. The number of allylic oxidation sites excluding steroid dienone is 1. The smallest absolute Gasteiger partial charge is 0.229 e. The average molecular weight is 456 g/mol. The number of carbonyl (C=O) groups excluding carboxylic acids is 1. The van der Waals surface area contributed by atoms with Gasteiger partial charge in [0.25, 0.3) is 0 Å². The van der Waals surface area contributed by atoms with Gasteiger partial charge in [0.1, 0.15) is 0 Å². The minimum atomic E-state index is -0.373. The molecule has 0 aromatic heterocycles. The van der Waals surface area contributed by atoms with Crippen molar-refractivity contribution in [2.45, 2.75) is 19.3 Å². The lowest BCUT2D eigenvalue weighted by Crippen LogP contribution is -2.47. The fourth-order valence-electron chi connectivity index (χ4n) is 3.96. The van der Waals surface area contributed by atoms with Gasteiger partial charge in [-0.05, 0) is 30.7 Å². The van der Waals surface area contributed by atoms with Crippen LogP contribution in [0.4, 0.5) is 5.69 Å². The Kier molecular flexibility index (Phi) is 6.03. The number of aryl methyl sites for hydroxylation is 1. The predicted octanol–water partition coefficient (Wildman–Crippen LogP) is 4.89. The first-order valence-corrected chi connectivity index (χ1v) is 11.1. The molecule has 1 unspecified atom stereocenters. The van der Waals surface area contributed by atoms with Gasteiger partial charge in [0.15, 0.2) is 11.5 Å². The Morgan fingerprint density at radius 3 is 2.71 bits per heavy atom. The number of thioether (sulfide) groups is 1. The number of anilines is 1. The van der Waals surface area contributed by atoms with Gasteiger partial charge in [-0.1, -0.05) is 41.6 Å². The number of carbonyl (C=O) groups is 1. The van der Waals surface area contributed by atoms with E-state index in [-0.39, 0.29) is 18.2 Å². The van der Waals surface area contributed by atoms with Gasteiger partial charge in [-0.25, -0.2) is 0 Å². The SMILES string of the molecule is COc1cccc(C2CC(=O)N3CN(c4ccc(C)c(Cl)c4)CSC3=C2C#N)c1OC. The molecule has 0 saturated carbocycles. The van der Waals surface area contributed by atoms with E-state index in [1.807, 2.05) is 37.3 Å². The van der Waals surface area contributed by atoms with E-state index in [0.29, 0.717) is 39.7 Å². The van der Waals surface area contributed by atoms with E-state index in [1.165, 1.54) is 11.8 Å². The lowest BCUT2D eigenvalue weighted by Gasteiger charge is -2.42. The number of amides is 1. The Hall–Kier alpha value is -2.82. The summed E-state index contributed by atoms with van der Waals surface area (Å²) in [4.78, 5) is 17.0. The van der Waals surface area contributed by atoms with Crippen molar-refractivity contribution in [1.82, 2.24) is 4.90 Å². The number of fused-ring (bicyclic) bond motifs is 1. The van der Waals surface area contributed by atoms with Crippen molar-refractivity contribution in [2.24, 2.45) is 0 Å². The number of halogens is 1. The van der Waals surface area contributed by atoms with Crippen LogP contribution >= 0.6 is 23.4 Å². The third-order valence-corrected chi connectivity index (χ3v) is 7.18. The minimum absolute atomic E-state index is 0.0284. The highest BCUT2D eigenvalue weighted by Crippen LogP contribution is 2.47. The van der Waals surface area contributed by atoms with Gasteiger partial charge in [-0.3, -0.25) is 9.69 Å². The second kappa shape index (κ2) is 8.74. The van der Waals surface area contributed by atoms with E-state index in [1.54, 1.807) is 25.2 Å². The van der Waals surface area contributed by atoms with Gasteiger partial charge in [0.05, 0.1) is 43.4 Å². The minimum Gasteiger partial charge on any atom is -0.493 e. The number of hydrogen-bond acceptors (Lipinski definition) is 6. The van der Waals surface area contributed by atoms with Crippen LogP contribution in [0.25, 0.3) is 0 Å². The quantitative estimate of drug-likeness (QED) is 0.654. The Morgan fingerprint density at radius 1 is 1.23 bits per heavy atom. The van der Waals surface area contributed by atoms with Crippen LogP contribution < -0.4 is 14.4 Å². The van der Waals surface area contributed by atoms with Crippen molar-refractivity contribution in [2.75, 3.05) is 31.7 Å². The summed E-state index contributed by atoms with van der Waals surface area (Å²) in [6, 6.07) is 13.8. The average Bonchev–Trinajstić information content (AvgIpc) is 2.80. The van der Waals surface area contributed by atoms with Crippen LogP contribution in [0.2, 0.25) is 5.02 Å². The molecule has 0 N–H and O–H groups in total. The van der Waals surface area contributed by atoms with E-state index in [0.717, 1.165) is 16.8 Å². The summed E-state index contributed by atoms with van der Waals surface area (Å²) >= 11 is 7.79. The first-order valence-electron chi connectivity index (χ1n) is 9.77. The van der Waals surface area contributed by atoms with E-state index in [4.69, 9.17) is 21.1 Å². The molecular weight excluding hydrogens is 434 g/mol. The molecule has 2 aromatic carbocycles. The summed E-state index contributed by atoms with van der Waals surface area (Å²) in [5, 5.41) is 11.4. The van der Waals surface area contributed by atoms with Crippen LogP contribution in [0.15, 0.2) is 47.0 Å². The second-order valence-electron chi connectivity index (χ2n) is 7.38. The number of hydrogen-bond donors (Lipinski definition) is 0. The van der Waals surface area contributed by atoms with Crippen LogP contribution in [0.5, 0.6) is 11.5 Å². The summed E-state index contributed by atoms with van der Waals surface area (Å²) in [7, 11) is 3.14. The maximum atomic E-state index is 13.2. The summed E-state index contributed by atoms with van der Waals surface area (Å²) in [6.45, 7) is 2.34. The molecule has 2 aliphatic rings. The second-order valence-corrected chi connectivity index (χ2v) is 8.72. The first-order chi connectivity index (χ1) is 15.0. The van der Waals surface area contributed by atoms with Crippen molar-refractivity contribution in [3.8, 4) is 17.6 Å². The number of rotatable bonds is 4. The first kappa shape index (κ1) is 21.4.